The molecule has 0 aromatic rings. The number of hydrogen-bond acceptors (Lipinski definition) is 3. The standard InChI is InChI=1S/C13H28O3Si2/c1-11(2)12(14)15-10-13(3,4)18(8,9)16-17(5,6)7/h1,10H2,2-9H3. The summed E-state index contributed by atoms with van der Waals surface area (Å²) in [6, 6.07) is 0. The van der Waals surface area contributed by atoms with Gasteiger partial charge >= 0.3 is 5.97 Å². The van der Waals surface area contributed by atoms with Crippen molar-refractivity contribution in [1.82, 2.24) is 0 Å². The van der Waals surface area contributed by atoms with E-state index in [0.29, 0.717) is 12.2 Å². The van der Waals surface area contributed by atoms with Crippen LogP contribution in [0.3, 0.4) is 0 Å². The largest absolute Gasteiger partial charge is 0.462 e. The van der Waals surface area contributed by atoms with Gasteiger partial charge in [0.2, 0.25) is 0 Å². The van der Waals surface area contributed by atoms with E-state index < -0.39 is 16.6 Å². The van der Waals surface area contributed by atoms with Crippen molar-refractivity contribution in [3.63, 3.8) is 0 Å². The molecule has 3 nitrogen and oxygen atoms in total. The number of esters is 1. The number of rotatable bonds is 6. The van der Waals surface area contributed by atoms with Crippen molar-refractivity contribution in [2.45, 2.75) is 58.5 Å². The van der Waals surface area contributed by atoms with Crippen molar-refractivity contribution in [3.05, 3.63) is 12.2 Å². The summed E-state index contributed by atoms with van der Waals surface area (Å²) >= 11 is 0. The van der Waals surface area contributed by atoms with E-state index in [4.69, 9.17) is 8.85 Å². The Morgan fingerprint density at radius 3 is 1.94 bits per heavy atom. The molecule has 18 heavy (non-hydrogen) atoms. The predicted octanol–water partition coefficient (Wildman–Crippen LogP) is 3.94. The van der Waals surface area contributed by atoms with Gasteiger partial charge in [-0.25, -0.2) is 4.79 Å². The van der Waals surface area contributed by atoms with E-state index in [1.54, 1.807) is 6.92 Å². The first-order chi connectivity index (χ1) is 7.78. The molecule has 0 aliphatic rings. The highest BCUT2D eigenvalue weighted by atomic mass is 28.4. The SMILES string of the molecule is C=C(C)C(=O)OCC(C)(C)[Si](C)(C)O[Si](C)(C)C. The summed E-state index contributed by atoms with van der Waals surface area (Å²) in [5.41, 5.74) is 0.441. The van der Waals surface area contributed by atoms with Crippen molar-refractivity contribution >= 4 is 22.6 Å². The van der Waals surface area contributed by atoms with Gasteiger partial charge in [0.05, 0.1) is 6.61 Å². The van der Waals surface area contributed by atoms with Crippen LogP contribution >= 0.6 is 0 Å². The minimum absolute atomic E-state index is 0.113. The lowest BCUT2D eigenvalue weighted by atomic mass is 10.2. The molecular formula is C13H28O3Si2. The Morgan fingerprint density at radius 2 is 1.61 bits per heavy atom. The van der Waals surface area contributed by atoms with Crippen LogP contribution < -0.4 is 0 Å². The molecule has 106 valence electrons. The lowest BCUT2D eigenvalue weighted by Crippen LogP contribution is -2.51. The summed E-state index contributed by atoms with van der Waals surface area (Å²) < 4.78 is 11.6. The summed E-state index contributed by atoms with van der Waals surface area (Å²) in [4.78, 5) is 11.5. The van der Waals surface area contributed by atoms with E-state index >= 15 is 0 Å². The molecule has 5 heteroatoms. The van der Waals surface area contributed by atoms with Gasteiger partial charge in [-0.2, -0.15) is 0 Å². The van der Waals surface area contributed by atoms with Gasteiger partial charge < -0.3 is 8.85 Å². The zero-order chi connectivity index (χ0) is 14.8. The van der Waals surface area contributed by atoms with Crippen molar-refractivity contribution in [1.29, 1.82) is 0 Å². The Morgan fingerprint density at radius 1 is 1.17 bits per heavy atom. The van der Waals surface area contributed by atoms with Crippen LogP contribution in [0.15, 0.2) is 12.2 Å². The smallest absolute Gasteiger partial charge is 0.333 e. The summed E-state index contributed by atoms with van der Waals surface area (Å²) in [6.45, 7) is 20.8. The van der Waals surface area contributed by atoms with Gasteiger partial charge in [-0.15, -0.1) is 0 Å². The first-order valence-electron chi connectivity index (χ1n) is 6.31. The van der Waals surface area contributed by atoms with Crippen LogP contribution in [0.5, 0.6) is 0 Å². The van der Waals surface area contributed by atoms with E-state index in [1.807, 2.05) is 0 Å². The fourth-order valence-electron chi connectivity index (χ4n) is 1.45. The molecule has 0 N–H and O–H groups in total. The third kappa shape index (κ3) is 5.50. The highest BCUT2D eigenvalue weighted by Crippen LogP contribution is 2.39. The highest BCUT2D eigenvalue weighted by molar-refractivity contribution is 6.85. The van der Waals surface area contributed by atoms with Gasteiger partial charge in [-0.1, -0.05) is 20.4 Å². The zero-order valence-corrected chi connectivity index (χ0v) is 15.1. The average molecular weight is 289 g/mol. The van der Waals surface area contributed by atoms with E-state index in [2.05, 4.69) is 53.2 Å². The van der Waals surface area contributed by atoms with Crippen LogP contribution in [0, 0.1) is 0 Å². The van der Waals surface area contributed by atoms with E-state index in [-0.39, 0.29) is 11.0 Å². The highest BCUT2D eigenvalue weighted by Gasteiger charge is 2.44. The number of carbonyl (C=O) groups excluding carboxylic acids is 1. The fraction of sp³-hybridized carbons (Fsp3) is 0.769. The number of carbonyl (C=O) groups is 1. The Balaban J connectivity index is 4.70. The molecule has 0 aliphatic carbocycles. The van der Waals surface area contributed by atoms with Crippen molar-refractivity contribution in [2.75, 3.05) is 6.61 Å². The van der Waals surface area contributed by atoms with Crippen LogP contribution in [0.4, 0.5) is 0 Å². The summed E-state index contributed by atoms with van der Waals surface area (Å²) in [5, 5.41) is -0.113. The average Bonchev–Trinajstić information content (AvgIpc) is 2.09. The molecule has 0 amide bonds. The molecule has 0 saturated heterocycles. The van der Waals surface area contributed by atoms with Gasteiger partial charge in [0, 0.05) is 10.6 Å². The molecule has 0 fully saturated rings. The van der Waals surface area contributed by atoms with Gasteiger partial charge in [0.25, 0.3) is 0 Å². The molecule has 0 spiro atoms. The van der Waals surface area contributed by atoms with Crippen LogP contribution in [0.2, 0.25) is 37.8 Å². The molecule has 0 radical (unpaired) electrons. The number of hydrogen-bond donors (Lipinski definition) is 0. The second-order valence-corrected chi connectivity index (χ2v) is 16.4. The monoisotopic (exact) mass is 288 g/mol. The van der Waals surface area contributed by atoms with Crippen molar-refractivity contribution in [3.8, 4) is 0 Å². The lowest BCUT2D eigenvalue weighted by Gasteiger charge is -2.42. The Hall–Kier alpha value is -0.396. The van der Waals surface area contributed by atoms with E-state index in [9.17, 15) is 4.79 Å². The maximum absolute atomic E-state index is 11.5. The maximum atomic E-state index is 11.5. The summed E-state index contributed by atoms with van der Waals surface area (Å²) in [5.74, 6) is -0.319. The Kier molecular flexibility index (Phi) is 5.59. The molecular weight excluding hydrogens is 260 g/mol. The predicted molar refractivity (Wildman–Crippen MR) is 81.7 cm³/mol. The summed E-state index contributed by atoms with van der Waals surface area (Å²) in [6.07, 6.45) is 0. The minimum Gasteiger partial charge on any atom is -0.462 e. The molecule has 0 bridgehead atoms. The first kappa shape index (κ1) is 17.6. The second-order valence-electron chi connectivity index (χ2n) is 6.97. The van der Waals surface area contributed by atoms with Crippen LogP contribution in [0.1, 0.15) is 20.8 Å². The lowest BCUT2D eigenvalue weighted by molar-refractivity contribution is -0.139. The second kappa shape index (κ2) is 5.71. The van der Waals surface area contributed by atoms with E-state index in [0.717, 1.165) is 0 Å². The molecule has 0 aromatic carbocycles. The number of ether oxygens (including phenoxy) is 1. The summed E-state index contributed by atoms with van der Waals surface area (Å²) in [7, 11) is -3.49. The molecule has 0 heterocycles. The topological polar surface area (TPSA) is 35.5 Å². The third-order valence-corrected chi connectivity index (χ3v) is 11.0. The van der Waals surface area contributed by atoms with Gasteiger partial charge in [0.1, 0.15) is 0 Å². The van der Waals surface area contributed by atoms with Gasteiger partial charge in [-0.05, 0) is 39.7 Å². The fourth-order valence-corrected chi connectivity index (χ4v) is 9.10. The first-order valence-corrected chi connectivity index (χ1v) is 12.6. The maximum Gasteiger partial charge on any atom is 0.333 e. The molecule has 0 unspecified atom stereocenters. The molecule has 0 atom stereocenters. The molecule has 0 aromatic heterocycles. The van der Waals surface area contributed by atoms with Crippen LogP contribution in [-0.4, -0.2) is 29.2 Å². The van der Waals surface area contributed by atoms with Gasteiger partial charge in [-0.3, -0.25) is 0 Å². The van der Waals surface area contributed by atoms with Crippen molar-refractivity contribution < 1.29 is 13.6 Å². The van der Waals surface area contributed by atoms with Gasteiger partial charge in [0.15, 0.2) is 16.6 Å². The molecule has 0 rings (SSSR count). The molecule has 0 saturated carbocycles. The van der Waals surface area contributed by atoms with Crippen LogP contribution in [-0.2, 0) is 13.6 Å². The van der Waals surface area contributed by atoms with E-state index in [1.165, 1.54) is 0 Å². The van der Waals surface area contributed by atoms with Crippen molar-refractivity contribution in [2.24, 2.45) is 0 Å². The molecule has 0 aliphatic heterocycles. The van der Waals surface area contributed by atoms with Crippen LogP contribution in [0.25, 0.3) is 0 Å². The third-order valence-electron chi connectivity index (χ3n) is 3.10. The Labute approximate surface area is 114 Å². The minimum atomic E-state index is -1.91. The zero-order valence-electron chi connectivity index (χ0n) is 13.1. The quantitative estimate of drug-likeness (QED) is 0.422. The Bertz CT molecular complexity index is 328. The normalized spacial score (nSPS) is 13.3.